The number of hydrogen-bond acceptors (Lipinski definition) is 3. The third-order valence-electron chi connectivity index (χ3n) is 1.39. The van der Waals surface area contributed by atoms with Gasteiger partial charge in [-0.15, -0.1) is 11.6 Å². The second kappa shape index (κ2) is 5.97. The van der Waals surface area contributed by atoms with Crippen LogP contribution in [0, 0.1) is 5.92 Å². The maximum absolute atomic E-state index is 11.2. The SMILES string of the molecule is CCOC(=O)[C@@H](Cl)C(=O)CC(C)C. The van der Waals surface area contributed by atoms with Crippen LogP contribution in [-0.4, -0.2) is 23.7 Å². The van der Waals surface area contributed by atoms with Gasteiger partial charge in [0.1, 0.15) is 0 Å². The Morgan fingerprint density at radius 2 is 1.92 bits per heavy atom. The standard InChI is InChI=1S/C9H15ClO3/c1-4-13-9(12)8(10)7(11)5-6(2)3/h6,8H,4-5H2,1-3H3/t8-/m0/s1. The van der Waals surface area contributed by atoms with Crippen molar-refractivity contribution in [3.63, 3.8) is 0 Å². The van der Waals surface area contributed by atoms with E-state index in [1.807, 2.05) is 13.8 Å². The van der Waals surface area contributed by atoms with E-state index in [0.29, 0.717) is 6.42 Å². The fraction of sp³-hybridized carbons (Fsp3) is 0.778. The Morgan fingerprint density at radius 3 is 2.31 bits per heavy atom. The van der Waals surface area contributed by atoms with Gasteiger partial charge in [-0.3, -0.25) is 4.79 Å². The second-order valence-corrected chi connectivity index (χ2v) is 3.62. The molecular formula is C9H15ClO3. The van der Waals surface area contributed by atoms with Crippen molar-refractivity contribution in [3.8, 4) is 0 Å². The number of alkyl halides is 1. The Bertz CT molecular complexity index is 189. The van der Waals surface area contributed by atoms with E-state index >= 15 is 0 Å². The molecule has 0 unspecified atom stereocenters. The Balaban J connectivity index is 4.01. The largest absolute Gasteiger partial charge is 0.465 e. The molecule has 0 fully saturated rings. The minimum absolute atomic E-state index is 0.211. The molecule has 1 atom stereocenters. The highest BCUT2D eigenvalue weighted by Crippen LogP contribution is 2.09. The molecular weight excluding hydrogens is 192 g/mol. The van der Waals surface area contributed by atoms with Gasteiger partial charge in [-0.25, -0.2) is 4.79 Å². The zero-order valence-electron chi connectivity index (χ0n) is 8.17. The summed E-state index contributed by atoms with van der Waals surface area (Å²) < 4.78 is 4.61. The fourth-order valence-corrected chi connectivity index (χ4v) is 1.00. The summed E-state index contributed by atoms with van der Waals surface area (Å²) in [5, 5.41) is -1.14. The Morgan fingerprint density at radius 1 is 1.38 bits per heavy atom. The molecule has 0 heterocycles. The van der Waals surface area contributed by atoms with Gasteiger partial charge in [0, 0.05) is 6.42 Å². The number of esters is 1. The van der Waals surface area contributed by atoms with Crippen molar-refractivity contribution in [1.82, 2.24) is 0 Å². The number of Topliss-reactive ketones (excluding diaryl/α,β-unsaturated/α-hetero) is 1. The van der Waals surface area contributed by atoms with Crippen LogP contribution in [0.2, 0.25) is 0 Å². The zero-order valence-corrected chi connectivity index (χ0v) is 8.93. The molecule has 0 rings (SSSR count). The molecule has 0 N–H and O–H groups in total. The molecule has 0 aromatic carbocycles. The lowest BCUT2D eigenvalue weighted by atomic mass is 10.1. The molecule has 0 radical (unpaired) electrons. The lowest BCUT2D eigenvalue weighted by Crippen LogP contribution is -2.27. The molecule has 0 amide bonds. The van der Waals surface area contributed by atoms with Gasteiger partial charge in [0.15, 0.2) is 11.2 Å². The lowest BCUT2D eigenvalue weighted by molar-refractivity contribution is -0.145. The fourth-order valence-electron chi connectivity index (χ4n) is 0.853. The molecule has 0 aliphatic carbocycles. The Kier molecular flexibility index (Phi) is 5.71. The van der Waals surface area contributed by atoms with E-state index in [4.69, 9.17) is 11.6 Å². The maximum Gasteiger partial charge on any atom is 0.331 e. The number of halogens is 1. The first kappa shape index (κ1) is 12.4. The lowest BCUT2D eigenvalue weighted by Gasteiger charge is -2.08. The minimum Gasteiger partial charge on any atom is -0.465 e. The first-order valence-corrected chi connectivity index (χ1v) is 4.76. The summed E-state index contributed by atoms with van der Waals surface area (Å²) in [6.45, 7) is 5.71. The Hall–Kier alpha value is -0.570. The molecule has 0 saturated carbocycles. The normalized spacial score (nSPS) is 12.7. The highest BCUT2D eigenvalue weighted by Gasteiger charge is 2.25. The van der Waals surface area contributed by atoms with E-state index in [1.54, 1.807) is 6.92 Å². The van der Waals surface area contributed by atoms with Gasteiger partial charge in [0.05, 0.1) is 6.61 Å². The smallest absolute Gasteiger partial charge is 0.331 e. The van der Waals surface area contributed by atoms with Gasteiger partial charge < -0.3 is 4.74 Å². The third kappa shape index (κ3) is 4.88. The molecule has 0 aromatic rings. The predicted octanol–water partition coefficient (Wildman–Crippen LogP) is 1.77. The van der Waals surface area contributed by atoms with Gasteiger partial charge in [0.25, 0.3) is 0 Å². The molecule has 76 valence electrons. The monoisotopic (exact) mass is 206 g/mol. The number of hydrogen-bond donors (Lipinski definition) is 0. The quantitative estimate of drug-likeness (QED) is 0.391. The highest BCUT2D eigenvalue weighted by molar-refractivity contribution is 6.41. The van der Waals surface area contributed by atoms with E-state index < -0.39 is 11.3 Å². The van der Waals surface area contributed by atoms with Crippen molar-refractivity contribution in [2.45, 2.75) is 32.6 Å². The van der Waals surface area contributed by atoms with Crippen LogP contribution >= 0.6 is 11.6 Å². The van der Waals surface area contributed by atoms with Crippen molar-refractivity contribution in [1.29, 1.82) is 0 Å². The number of carbonyl (C=O) groups excluding carboxylic acids is 2. The molecule has 0 aromatic heterocycles. The van der Waals surface area contributed by atoms with Crippen LogP contribution < -0.4 is 0 Å². The van der Waals surface area contributed by atoms with Gasteiger partial charge in [-0.1, -0.05) is 13.8 Å². The molecule has 13 heavy (non-hydrogen) atoms. The van der Waals surface area contributed by atoms with Crippen LogP contribution in [0.1, 0.15) is 27.2 Å². The predicted molar refractivity (Wildman–Crippen MR) is 50.7 cm³/mol. The van der Waals surface area contributed by atoms with Crippen LogP contribution in [0.4, 0.5) is 0 Å². The van der Waals surface area contributed by atoms with Crippen molar-refractivity contribution in [2.24, 2.45) is 5.92 Å². The topological polar surface area (TPSA) is 43.4 Å². The van der Waals surface area contributed by atoms with Crippen molar-refractivity contribution in [3.05, 3.63) is 0 Å². The van der Waals surface area contributed by atoms with Crippen LogP contribution in [0.15, 0.2) is 0 Å². The summed E-state index contributed by atoms with van der Waals surface area (Å²) in [5.41, 5.74) is 0. The summed E-state index contributed by atoms with van der Waals surface area (Å²) in [4.78, 5) is 22.2. The Labute approximate surface area is 83.4 Å². The summed E-state index contributed by atoms with van der Waals surface area (Å²) in [5.74, 6) is -0.701. The van der Waals surface area contributed by atoms with Gasteiger partial charge in [-0.2, -0.15) is 0 Å². The number of carbonyl (C=O) groups is 2. The summed E-state index contributed by atoms with van der Waals surface area (Å²) >= 11 is 5.58. The number of rotatable bonds is 5. The first-order chi connectivity index (χ1) is 5.99. The average molecular weight is 207 g/mol. The van der Waals surface area contributed by atoms with Crippen LogP contribution in [-0.2, 0) is 14.3 Å². The van der Waals surface area contributed by atoms with Crippen molar-refractivity contribution >= 4 is 23.4 Å². The first-order valence-electron chi connectivity index (χ1n) is 4.32. The van der Waals surface area contributed by atoms with E-state index in [-0.39, 0.29) is 18.3 Å². The van der Waals surface area contributed by atoms with E-state index in [0.717, 1.165) is 0 Å². The molecule has 0 spiro atoms. The molecule has 3 nitrogen and oxygen atoms in total. The molecule has 0 aliphatic heterocycles. The van der Waals surface area contributed by atoms with E-state index in [9.17, 15) is 9.59 Å². The number of ether oxygens (including phenoxy) is 1. The van der Waals surface area contributed by atoms with E-state index in [2.05, 4.69) is 4.74 Å². The number of ketones is 1. The van der Waals surface area contributed by atoms with Gasteiger partial charge in [0.2, 0.25) is 0 Å². The van der Waals surface area contributed by atoms with Crippen LogP contribution in [0.3, 0.4) is 0 Å². The molecule has 0 aliphatic rings. The molecule has 0 saturated heterocycles. The van der Waals surface area contributed by atoms with Crippen LogP contribution in [0.5, 0.6) is 0 Å². The summed E-state index contributed by atoms with van der Waals surface area (Å²) in [6.07, 6.45) is 0.312. The molecule has 4 heteroatoms. The van der Waals surface area contributed by atoms with Gasteiger partial charge in [-0.05, 0) is 12.8 Å². The van der Waals surface area contributed by atoms with Crippen LogP contribution in [0.25, 0.3) is 0 Å². The summed E-state index contributed by atoms with van der Waals surface area (Å²) in [7, 11) is 0. The molecule has 0 bridgehead atoms. The minimum atomic E-state index is -1.14. The van der Waals surface area contributed by atoms with E-state index in [1.165, 1.54) is 0 Å². The zero-order chi connectivity index (χ0) is 10.4. The average Bonchev–Trinajstić information content (AvgIpc) is 2.02. The van der Waals surface area contributed by atoms with Gasteiger partial charge >= 0.3 is 5.97 Å². The highest BCUT2D eigenvalue weighted by atomic mass is 35.5. The maximum atomic E-state index is 11.2. The van der Waals surface area contributed by atoms with Crippen molar-refractivity contribution in [2.75, 3.05) is 6.61 Å². The van der Waals surface area contributed by atoms with Crippen molar-refractivity contribution < 1.29 is 14.3 Å². The third-order valence-corrected chi connectivity index (χ3v) is 1.81. The summed E-state index contributed by atoms with van der Waals surface area (Å²) in [6, 6.07) is 0. The second-order valence-electron chi connectivity index (χ2n) is 3.18.